The fraction of sp³-hybridized carbons (Fsp3) is 0.167. The van der Waals surface area contributed by atoms with Crippen molar-refractivity contribution in [1.82, 2.24) is 9.78 Å². The number of nitrogens with two attached hydrogens (primary N) is 1. The van der Waals surface area contributed by atoms with Gasteiger partial charge in [0.2, 0.25) is 5.91 Å². The Morgan fingerprint density at radius 1 is 1.53 bits per heavy atom. The van der Waals surface area contributed by atoms with Crippen molar-refractivity contribution in [1.29, 1.82) is 0 Å². The minimum absolute atomic E-state index is 0.421. The van der Waals surface area contributed by atoms with E-state index in [4.69, 9.17) is 5.73 Å². The van der Waals surface area contributed by atoms with Gasteiger partial charge in [0.25, 0.3) is 0 Å². The van der Waals surface area contributed by atoms with Crippen molar-refractivity contribution in [3.05, 3.63) is 47.8 Å². The Kier molecular flexibility index (Phi) is 3.09. The molecule has 0 radical (unpaired) electrons. The number of rotatable bonds is 4. The van der Waals surface area contributed by atoms with Crippen LogP contribution >= 0.6 is 0 Å². The van der Waals surface area contributed by atoms with Crippen molar-refractivity contribution in [2.24, 2.45) is 12.8 Å². The molecule has 1 aromatic carbocycles. The van der Waals surface area contributed by atoms with Crippen molar-refractivity contribution in [3.8, 4) is 0 Å². The van der Waals surface area contributed by atoms with Crippen LogP contribution in [0.3, 0.4) is 0 Å². The quantitative estimate of drug-likeness (QED) is 0.827. The second-order valence-corrected chi connectivity index (χ2v) is 3.82. The first-order valence-electron chi connectivity index (χ1n) is 5.26. The van der Waals surface area contributed by atoms with Crippen LogP contribution < -0.4 is 11.1 Å². The van der Waals surface area contributed by atoms with Gasteiger partial charge in [-0.05, 0) is 18.2 Å². The summed E-state index contributed by atoms with van der Waals surface area (Å²) in [5, 5.41) is 7.29. The van der Waals surface area contributed by atoms with Gasteiger partial charge in [-0.3, -0.25) is 9.48 Å². The third kappa shape index (κ3) is 2.84. The molecule has 5 heteroatoms. The molecule has 0 saturated carbocycles. The van der Waals surface area contributed by atoms with Crippen molar-refractivity contribution in [2.45, 2.75) is 6.54 Å². The van der Waals surface area contributed by atoms with E-state index >= 15 is 0 Å². The third-order valence-corrected chi connectivity index (χ3v) is 2.40. The van der Waals surface area contributed by atoms with Gasteiger partial charge >= 0.3 is 0 Å². The van der Waals surface area contributed by atoms with Crippen LogP contribution in [-0.2, 0) is 13.6 Å². The molecule has 0 atom stereocenters. The lowest BCUT2D eigenvalue weighted by Gasteiger charge is -2.05. The number of nitrogens with zero attached hydrogens (tertiary/aromatic N) is 2. The van der Waals surface area contributed by atoms with Crippen LogP contribution in [0.5, 0.6) is 0 Å². The van der Waals surface area contributed by atoms with Gasteiger partial charge in [-0.2, -0.15) is 5.10 Å². The molecule has 3 N–H and O–H groups in total. The van der Waals surface area contributed by atoms with E-state index in [1.54, 1.807) is 29.1 Å². The van der Waals surface area contributed by atoms with Gasteiger partial charge < -0.3 is 11.1 Å². The molecule has 0 aliphatic carbocycles. The topological polar surface area (TPSA) is 72.9 Å². The monoisotopic (exact) mass is 230 g/mol. The van der Waals surface area contributed by atoms with E-state index in [0.717, 1.165) is 11.3 Å². The first kappa shape index (κ1) is 11.2. The minimum Gasteiger partial charge on any atom is -0.381 e. The molecule has 1 aromatic heterocycles. The number of primary amides is 1. The van der Waals surface area contributed by atoms with Crippen LogP contribution in [0.4, 0.5) is 5.69 Å². The van der Waals surface area contributed by atoms with E-state index in [2.05, 4.69) is 10.4 Å². The van der Waals surface area contributed by atoms with Crippen LogP contribution in [0.2, 0.25) is 0 Å². The van der Waals surface area contributed by atoms with E-state index in [9.17, 15) is 4.79 Å². The van der Waals surface area contributed by atoms with Gasteiger partial charge in [-0.25, -0.2) is 0 Å². The highest BCUT2D eigenvalue weighted by atomic mass is 16.1. The predicted molar refractivity (Wildman–Crippen MR) is 65.5 cm³/mol. The molecular weight excluding hydrogens is 216 g/mol. The summed E-state index contributed by atoms with van der Waals surface area (Å²) in [6, 6.07) is 7.12. The standard InChI is InChI=1S/C12H14N4O/c1-16-8-9(7-15-16)6-14-11-4-2-3-10(5-11)12(13)17/h2-5,7-8,14H,6H2,1H3,(H2,13,17). The number of aromatic nitrogens is 2. The molecule has 0 spiro atoms. The lowest BCUT2D eigenvalue weighted by atomic mass is 10.2. The Balaban J connectivity index is 2.04. The Morgan fingerprint density at radius 3 is 3.00 bits per heavy atom. The summed E-state index contributed by atoms with van der Waals surface area (Å²) in [5.74, 6) is -0.421. The molecule has 5 nitrogen and oxygen atoms in total. The summed E-state index contributed by atoms with van der Waals surface area (Å²) in [5.41, 5.74) is 7.66. The lowest BCUT2D eigenvalue weighted by molar-refractivity contribution is 0.100. The molecule has 1 amide bonds. The molecule has 0 saturated heterocycles. The zero-order chi connectivity index (χ0) is 12.3. The maximum Gasteiger partial charge on any atom is 0.248 e. The number of amides is 1. The van der Waals surface area contributed by atoms with E-state index in [1.807, 2.05) is 19.3 Å². The largest absolute Gasteiger partial charge is 0.381 e. The highest BCUT2D eigenvalue weighted by Crippen LogP contribution is 2.11. The summed E-state index contributed by atoms with van der Waals surface area (Å²) in [6.45, 7) is 0.663. The van der Waals surface area contributed by atoms with Gasteiger partial charge in [0.1, 0.15) is 0 Å². The minimum atomic E-state index is -0.421. The number of nitrogens with one attached hydrogen (secondary N) is 1. The average Bonchev–Trinajstić information content (AvgIpc) is 2.73. The van der Waals surface area contributed by atoms with Crippen molar-refractivity contribution in [3.63, 3.8) is 0 Å². The molecule has 17 heavy (non-hydrogen) atoms. The number of carbonyl (C=O) groups is 1. The van der Waals surface area contributed by atoms with Crippen molar-refractivity contribution >= 4 is 11.6 Å². The predicted octanol–water partition coefficient (Wildman–Crippen LogP) is 1.13. The molecule has 0 bridgehead atoms. The Labute approximate surface area is 99.2 Å². The van der Waals surface area contributed by atoms with Crippen LogP contribution in [0.25, 0.3) is 0 Å². The second kappa shape index (κ2) is 4.69. The van der Waals surface area contributed by atoms with Crippen LogP contribution in [0.1, 0.15) is 15.9 Å². The molecule has 2 aromatic rings. The van der Waals surface area contributed by atoms with Gasteiger partial charge in [0.05, 0.1) is 6.20 Å². The molecule has 2 rings (SSSR count). The highest BCUT2D eigenvalue weighted by Gasteiger charge is 2.01. The number of benzene rings is 1. The third-order valence-electron chi connectivity index (χ3n) is 2.40. The lowest BCUT2D eigenvalue weighted by Crippen LogP contribution is -2.11. The first-order chi connectivity index (χ1) is 8.15. The highest BCUT2D eigenvalue weighted by molar-refractivity contribution is 5.93. The van der Waals surface area contributed by atoms with Crippen LogP contribution in [0, 0.1) is 0 Å². The summed E-state index contributed by atoms with van der Waals surface area (Å²) < 4.78 is 1.75. The normalized spacial score (nSPS) is 10.2. The van der Waals surface area contributed by atoms with Crippen LogP contribution in [-0.4, -0.2) is 15.7 Å². The Hall–Kier alpha value is -2.30. The summed E-state index contributed by atoms with van der Waals surface area (Å²) in [4.78, 5) is 11.0. The van der Waals surface area contributed by atoms with Gasteiger partial charge in [0, 0.05) is 36.6 Å². The van der Waals surface area contributed by atoms with Gasteiger partial charge in [0.15, 0.2) is 0 Å². The van der Waals surface area contributed by atoms with Crippen LogP contribution in [0.15, 0.2) is 36.7 Å². The summed E-state index contributed by atoms with van der Waals surface area (Å²) in [6.07, 6.45) is 3.73. The summed E-state index contributed by atoms with van der Waals surface area (Å²) in [7, 11) is 1.87. The molecular formula is C12H14N4O. The Morgan fingerprint density at radius 2 is 2.35 bits per heavy atom. The first-order valence-corrected chi connectivity index (χ1v) is 5.26. The molecule has 1 heterocycles. The maximum absolute atomic E-state index is 11.0. The molecule has 0 unspecified atom stereocenters. The van der Waals surface area contributed by atoms with Crippen molar-refractivity contribution in [2.75, 3.05) is 5.32 Å². The summed E-state index contributed by atoms with van der Waals surface area (Å²) >= 11 is 0. The van der Waals surface area contributed by atoms with E-state index in [1.165, 1.54) is 0 Å². The SMILES string of the molecule is Cn1cc(CNc2cccc(C(N)=O)c2)cn1. The van der Waals surface area contributed by atoms with E-state index in [0.29, 0.717) is 12.1 Å². The maximum atomic E-state index is 11.0. The molecule has 0 fully saturated rings. The zero-order valence-corrected chi connectivity index (χ0v) is 9.55. The molecule has 88 valence electrons. The van der Waals surface area contributed by atoms with Gasteiger partial charge in [-0.1, -0.05) is 6.07 Å². The average molecular weight is 230 g/mol. The number of hydrogen-bond donors (Lipinski definition) is 2. The van der Waals surface area contributed by atoms with Gasteiger partial charge in [-0.15, -0.1) is 0 Å². The zero-order valence-electron chi connectivity index (χ0n) is 9.55. The number of anilines is 1. The molecule has 0 aliphatic heterocycles. The molecule has 0 aliphatic rings. The fourth-order valence-electron chi connectivity index (χ4n) is 1.55. The number of aryl methyl sites for hydroxylation is 1. The van der Waals surface area contributed by atoms with E-state index in [-0.39, 0.29) is 0 Å². The van der Waals surface area contributed by atoms with Crippen molar-refractivity contribution < 1.29 is 4.79 Å². The second-order valence-electron chi connectivity index (χ2n) is 3.82. The van der Waals surface area contributed by atoms with E-state index < -0.39 is 5.91 Å². The number of carbonyl (C=O) groups excluding carboxylic acids is 1. The fourth-order valence-corrected chi connectivity index (χ4v) is 1.55. The smallest absolute Gasteiger partial charge is 0.248 e. The number of hydrogen-bond acceptors (Lipinski definition) is 3. The Bertz CT molecular complexity index is 533.